The minimum absolute atomic E-state index is 0.216. The first-order chi connectivity index (χ1) is 12.1. The van der Waals surface area contributed by atoms with Crippen molar-refractivity contribution in [2.75, 3.05) is 0 Å². The number of aromatic nitrogens is 3. The quantitative estimate of drug-likeness (QED) is 0.641. The molecule has 2 aromatic carbocycles. The molecule has 0 amide bonds. The molecule has 2 heterocycles. The number of ether oxygens (including phenoxy) is 1. The van der Waals surface area contributed by atoms with Gasteiger partial charge in [-0.3, -0.25) is 0 Å². The van der Waals surface area contributed by atoms with E-state index in [2.05, 4.69) is 68.1 Å². The van der Waals surface area contributed by atoms with Crippen LogP contribution in [0.2, 0.25) is 0 Å². The average Bonchev–Trinajstić information content (AvgIpc) is 3.13. The maximum Gasteiger partial charge on any atom is 0.304 e. The summed E-state index contributed by atoms with van der Waals surface area (Å²) in [6.45, 7) is 7.03. The van der Waals surface area contributed by atoms with E-state index in [0.717, 1.165) is 12.2 Å². The van der Waals surface area contributed by atoms with Gasteiger partial charge in [0.25, 0.3) is 0 Å². The molecule has 2 unspecified atom stereocenters. The highest BCUT2D eigenvalue weighted by molar-refractivity contribution is 5.48. The van der Waals surface area contributed by atoms with Crippen molar-refractivity contribution in [3.05, 3.63) is 76.4 Å². The lowest BCUT2D eigenvalue weighted by Gasteiger charge is -2.23. The number of benzene rings is 2. The van der Waals surface area contributed by atoms with Gasteiger partial charge in [-0.2, -0.15) is 0 Å². The Morgan fingerprint density at radius 2 is 1.88 bits per heavy atom. The zero-order chi connectivity index (χ0) is 17.1. The maximum absolute atomic E-state index is 6.14. The summed E-state index contributed by atoms with van der Waals surface area (Å²) in [5.41, 5.74) is 7.74. The Labute approximate surface area is 147 Å². The Bertz CT molecular complexity index is 966. The molecule has 4 nitrogen and oxygen atoms in total. The second-order valence-electron chi connectivity index (χ2n) is 7.33. The summed E-state index contributed by atoms with van der Waals surface area (Å²) in [5.74, 6) is 0.998. The monoisotopic (exact) mass is 332 g/mol. The van der Waals surface area contributed by atoms with E-state index in [4.69, 9.17) is 9.84 Å². The van der Waals surface area contributed by atoms with E-state index in [0.29, 0.717) is 6.61 Å². The molecule has 0 fully saturated rings. The first-order valence-electron chi connectivity index (χ1n) is 8.89. The van der Waals surface area contributed by atoms with Gasteiger partial charge < -0.3 is 4.74 Å². The Morgan fingerprint density at radius 1 is 1.12 bits per heavy atom. The van der Waals surface area contributed by atoms with Crippen LogP contribution >= 0.6 is 0 Å². The number of nitrogens with zero attached hydrogens (tertiary/aromatic N) is 3. The van der Waals surface area contributed by atoms with Crippen molar-refractivity contribution < 1.29 is 9.30 Å². The number of aryl methyl sites for hydroxylation is 3. The van der Waals surface area contributed by atoms with E-state index in [1.54, 1.807) is 0 Å². The van der Waals surface area contributed by atoms with Gasteiger partial charge >= 0.3 is 5.82 Å². The molecule has 0 radical (unpaired) electrons. The molecule has 1 aliphatic heterocycles. The summed E-state index contributed by atoms with van der Waals surface area (Å²) in [6.07, 6.45) is 3.36. The Balaban J connectivity index is 1.65. The molecule has 0 bridgehead atoms. The molecule has 5 rings (SSSR count). The number of rotatable bonds is 1. The highest BCUT2D eigenvalue weighted by Gasteiger charge is 2.43. The fourth-order valence-corrected chi connectivity index (χ4v) is 4.56. The van der Waals surface area contributed by atoms with Crippen molar-refractivity contribution in [2.24, 2.45) is 0 Å². The average molecular weight is 332 g/mol. The first-order valence-corrected chi connectivity index (χ1v) is 8.89. The van der Waals surface area contributed by atoms with Gasteiger partial charge in [-0.05, 0) is 43.0 Å². The van der Waals surface area contributed by atoms with Gasteiger partial charge in [0, 0.05) is 11.5 Å². The molecule has 25 heavy (non-hydrogen) atoms. The second kappa shape index (κ2) is 5.27. The fourth-order valence-electron chi connectivity index (χ4n) is 4.56. The summed E-state index contributed by atoms with van der Waals surface area (Å²) in [6, 6.07) is 13.4. The summed E-state index contributed by atoms with van der Waals surface area (Å²) in [5, 5.41) is 4.86. The van der Waals surface area contributed by atoms with Gasteiger partial charge in [0.2, 0.25) is 6.33 Å². The van der Waals surface area contributed by atoms with Gasteiger partial charge in [0.15, 0.2) is 0 Å². The molecule has 2 aliphatic rings. The lowest BCUT2D eigenvalue weighted by atomic mass is 10.1. The van der Waals surface area contributed by atoms with Gasteiger partial charge in [-0.25, -0.2) is 4.57 Å². The van der Waals surface area contributed by atoms with Gasteiger partial charge in [-0.15, -0.1) is 0 Å². The molecule has 0 spiro atoms. The summed E-state index contributed by atoms with van der Waals surface area (Å²) >= 11 is 0. The molecule has 1 aliphatic carbocycles. The van der Waals surface area contributed by atoms with Crippen LogP contribution in [-0.4, -0.2) is 15.9 Å². The number of fused-ring (bicyclic) bond motifs is 5. The third kappa shape index (κ3) is 2.17. The van der Waals surface area contributed by atoms with Gasteiger partial charge in [-0.1, -0.05) is 46.6 Å². The highest BCUT2D eigenvalue weighted by atomic mass is 16.5. The molecule has 126 valence electrons. The van der Waals surface area contributed by atoms with Crippen LogP contribution in [0.15, 0.2) is 42.7 Å². The highest BCUT2D eigenvalue weighted by Crippen LogP contribution is 2.35. The second-order valence-corrected chi connectivity index (χ2v) is 7.33. The SMILES string of the molecule is Cc1cc(C)c(-n2c[n+]3c(n2)COC2Cc4ccccc4C23)c(C)c1. The van der Waals surface area contributed by atoms with Crippen molar-refractivity contribution in [2.45, 2.75) is 45.9 Å². The molecular weight excluding hydrogens is 310 g/mol. The third-order valence-corrected chi connectivity index (χ3v) is 5.49. The maximum atomic E-state index is 6.14. The van der Waals surface area contributed by atoms with E-state index in [9.17, 15) is 0 Å². The lowest BCUT2D eigenvalue weighted by molar-refractivity contribution is -0.739. The van der Waals surface area contributed by atoms with Gasteiger partial charge in [0.05, 0.1) is 0 Å². The van der Waals surface area contributed by atoms with Crippen LogP contribution in [0.3, 0.4) is 0 Å². The summed E-state index contributed by atoms with van der Waals surface area (Å²) in [4.78, 5) is 0. The van der Waals surface area contributed by atoms with Crippen LogP contribution in [0.1, 0.15) is 39.7 Å². The Hall–Kier alpha value is -2.46. The van der Waals surface area contributed by atoms with Crippen LogP contribution < -0.4 is 4.57 Å². The van der Waals surface area contributed by atoms with Crippen LogP contribution in [0, 0.1) is 20.8 Å². The predicted molar refractivity (Wildman–Crippen MR) is 94.8 cm³/mol. The number of hydrogen-bond acceptors (Lipinski definition) is 2. The normalized spacial score (nSPS) is 20.9. The van der Waals surface area contributed by atoms with Crippen LogP contribution in [0.25, 0.3) is 5.69 Å². The third-order valence-electron chi connectivity index (χ3n) is 5.49. The Kier molecular flexibility index (Phi) is 3.13. The topological polar surface area (TPSA) is 30.9 Å². The van der Waals surface area contributed by atoms with Crippen molar-refractivity contribution in [3.8, 4) is 5.69 Å². The van der Waals surface area contributed by atoms with Crippen molar-refractivity contribution in [1.29, 1.82) is 0 Å². The predicted octanol–water partition coefficient (Wildman–Crippen LogP) is 3.13. The minimum atomic E-state index is 0.216. The van der Waals surface area contributed by atoms with Crippen molar-refractivity contribution in [1.82, 2.24) is 9.78 Å². The van der Waals surface area contributed by atoms with E-state index in [1.165, 1.54) is 33.5 Å². The summed E-state index contributed by atoms with van der Waals surface area (Å²) < 4.78 is 10.5. The zero-order valence-corrected chi connectivity index (χ0v) is 14.9. The molecule has 0 saturated heterocycles. The standard InChI is InChI=1S/C21H22N3O/c1-13-8-14(2)20(15(3)9-13)24-12-23-19(22-24)11-25-18-10-16-6-4-5-7-17(16)21(18)23/h4-9,12,18,21H,10-11H2,1-3H3/q+1. The minimum Gasteiger partial charge on any atom is -0.363 e. The smallest absolute Gasteiger partial charge is 0.304 e. The summed E-state index contributed by atoms with van der Waals surface area (Å²) in [7, 11) is 0. The molecule has 0 saturated carbocycles. The molecule has 2 atom stereocenters. The van der Waals surface area contributed by atoms with Crippen LogP contribution in [0.5, 0.6) is 0 Å². The lowest BCUT2D eigenvalue weighted by Crippen LogP contribution is -2.51. The van der Waals surface area contributed by atoms with Crippen molar-refractivity contribution >= 4 is 0 Å². The van der Waals surface area contributed by atoms with Gasteiger partial charge in [0.1, 0.15) is 24.4 Å². The molecular formula is C21H22N3O+. The fraction of sp³-hybridized carbons (Fsp3) is 0.333. The molecule has 0 N–H and O–H groups in total. The van der Waals surface area contributed by atoms with Crippen LogP contribution in [-0.2, 0) is 17.8 Å². The van der Waals surface area contributed by atoms with E-state index < -0.39 is 0 Å². The molecule has 3 aromatic rings. The molecule has 4 heteroatoms. The van der Waals surface area contributed by atoms with E-state index in [1.807, 2.05) is 4.68 Å². The largest absolute Gasteiger partial charge is 0.363 e. The van der Waals surface area contributed by atoms with E-state index in [-0.39, 0.29) is 12.1 Å². The van der Waals surface area contributed by atoms with E-state index >= 15 is 0 Å². The first kappa shape index (κ1) is 14.8. The Morgan fingerprint density at radius 3 is 2.68 bits per heavy atom. The molecule has 1 aromatic heterocycles. The van der Waals surface area contributed by atoms with Crippen LogP contribution in [0.4, 0.5) is 0 Å². The number of hydrogen-bond donors (Lipinski definition) is 0. The van der Waals surface area contributed by atoms with Crippen molar-refractivity contribution in [3.63, 3.8) is 0 Å². The zero-order valence-electron chi connectivity index (χ0n) is 14.9.